The average molecular weight is 211 g/mol. The fraction of sp³-hybridized carbons (Fsp3) is 0.286. The molecule has 0 saturated carbocycles. The van der Waals surface area contributed by atoms with Crippen molar-refractivity contribution in [2.75, 3.05) is 0 Å². The summed E-state index contributed by atoms with van der Waals surface area (Å²) in [5.41, 5.74) is 2.26. The highest BCUT2D eigenvalue weighted by atomic mass is 14.9. The number of nitrogens with zero attached hydrogens (tertiary/aromatic N) is 2. The molecule has 0 unspecified atom stereocenters. The number of hydrogen-bond donors (Lipinski definition) is 0. The molecule has 16 heavy (non-hydrogen) atoms. The lowest BCUT2D eigenvalue weighted by atomic mass is 10.1. The topological polar surface area (TPSA) is 25.8 Å². The van der Waals surface area contributed by atoms with Gasteiger partial charge in [-0.05, 0) is 24.5 Å². The summed E-state index contributed by atoms with van der Waals surface area (Å²) in [5.74, 6) is 0.786. The quantitative estimate of drug-likeness (QED) is 0.775. The van der Waals surface area contributed by atoms with Gasteiger partial charge in [0.2, 0.25) is 0 Å². The van der Waals surface area contributed by atoms with Crippen LogP contribution in [0.2, 0.25) is 0 Å². The van der Waals surface area contributed by atoms with E-state index < -0.39 is 0 Å². The van der Waals surface area contributed by atoms with E-state index in [4.69, 9.17) is 0 Å². The molecule has 2 rings (SSSR count). The van der Waals surface area contributed by atoms with Gasteiger partial charge in [-0.15, -0.1) is 0 Å². The first-order chi connectivity index (χ1) is 7.90. The van der Waals surface area contributed by atoms with Gasteiger partial charge in [0.05, 0.1) is 0 Å². The average Bonchev–Trinajstić information content (AvgIpc) is 2.38. The second kappa shape index (κ2) is 5.40. The van der Waals surface area contributed by atoms with Crippen LogP contribution in [0.5, 0.6) is 0 Å². The van der Waals surface area contributed by atoms with Crippen LogP contribution in [0.15, 0.2) is 36.7 Å². The Labute approximate surface area is 96.4 Å². The van der Waals surface area contributed by atoms with Crippen LogP contribution in [0.3, 0.4) is 0 Å². The first kappa shape index (κ1) is 10.8. The Morgan fingerprint density at radius 3 is 2.44 bits per heavy atom. The normalized spacial score (nSPS) is 10.3. The lowest BCUT2D eigenvalue weighted by Gasteiger charge is -2.01. The zero-order valence-corrected chi connectivity index (χ0v) is 9.48. The van der Waals surface area contributed by atoms with E-state index in [1.54, 1.807) is 0 Å². The Morgan fingerprint density at radius 2 is 1.81 bits per heavy atom. The first-order valence-corrected chi connectivity index (χ1v) is 5.67. The number of rotatable bonds is 4. The molecule has 0 aliphatic rings. The Kier molecular flexibility index (Phi) is 3.65. The second-order valence-electron chi connectivity index (χ2n) is 3.81. The fourth-order valence-corrected chi connectivity index (χ4v) is 1.55. The van der Waals surface area contributed by atoms with Gasteiger partial charge in [0, 0.05) is 18.0 Å². The molecular weight excluding hydrogens is 196 g/mol. The summed E-state index contributed by atoms with van der Waals surface area (Å²) in [7, 11) is 0. The molecule has 0 saturated heterocycles. The Balaban J connectivity index is 2.13. The van der Waals surface area contributed by atoms with Gasteiger partial charge < -0.3 is 0 Å². The molecule has 2 nitrogen and oxygen atoms in total. The molecule has 0 N–H and O–H groups in total. The maximum Gasteiger partial charge on any atom is 0.159 e. The van der Waals surface area contributed by atoms with Crippen LogP contribution in [0.25, 0.3) is 11.4 Å². The highest BCUT2D eigenvalue weighted by molar-refractivity contribution is 5.53. The summed E-state index contributed by atoms with van der Waals surface area (Å²) < 4.78 is 0. The van der Waals surface area contributed by atoms with Crippen molar-refractivity contribution in [2.45, 2.75) is 26.2 Å². The smallest absolute Gasteiger partial charge is 0.159 e. The van der Waals surface area contributed by atoms with Gasteiger partial charge in [-0.25, -0.2) is 9.97 Å². The molecule has 0 aliphatic carbocycles. The van der Waals surface area contributed by atoms with E-state index in [0.29, 0.717) is 0 Å². The van der Waals surface area contributed by atoms with Crippen LogP contribution in [0, 0.1) is 6.07 Å². The van der Waals surface area contributed by atoms with Gasteiger partial charge in [-0.1, -0.05) is 37.6 Å². The van der Waals surface area contributed by atoms with Crippen molar-refractivity contribution in [3.8, 4) is 11.4 Å². The molecule has 0 fully saturated rings. The highest BCUT2D eigenvalue weighted by Crippen LogP contribution is 2.13. The van der Waals surface area contributed by atoms with Crippen LogP contribution in [0.1, 0.15) is 25.3 Å². The number of unbranched alkanes of at least 4 members (excludes halogenated alkanes) is 1. The van der Waals surface area contributed by atoms with E-state index in [1.165, 1.54) is 18.4 Å². The highest BCUT2D eigenvalue weighted by Gasteiger charge is 2.00. The van der Waals surface area contributed by atoms with E-state index in [9.17, 15) is 0 Å². The molecule has 1 radical (unpaired) electrons. The third-order valence-corrected chi connectivity index (χ3v) is 2.50. The maximum atomic E-state index is 4.38. The summed E-state index contributed by atoms with van der Waals surface area (Å²) in [6.07, 6.45) is 7.32. The van der Waals surface area contributed by atoms with Gasteiger partial charge >= 0.3 is 0 Å². The van der Waals surface area contributed by atoms with Gasteiger partial charge in [-0.3, -0.25) is 0 Å². The second-order valence-corrected chi connectivity index (χ2v) is 3.81. The van der Waals surface area contributed by atoms with Crippen molar-refractivity contribution in [3.05, 3.63) is 48.3 Å². The summed E-state index contributed by atoms with van der Waals surface area (Å²) in [6.45, 7) is 2.19. The summed E-state index contributed by atoms with van der Waals surface area (Å²) in [5, 5.41) is 0. The monoisotopic (exact) mass is 211 g/mol. The van der Waals surface area contributed by atoms with Crippen LogP contribution in [0.4, 0.5) is 0 Å². The molecule has 2 aromatic rings. The van der Waals surface area contributed by atoms with E-state index in [1.807, 2.05) is 36.7 Å². The number of hydrogen-bond acceptors (Lipinski definition) is 2. The zero-order chi connectivity index (χ0) is 11.2. The van der Waals surface area contributed by atoms with Crippen molar-refractivity contribution in [1.82, 2.24) is 9.97 Å². The number of aryl methyl sites for hydroxylation is 1. The molecule has 2 heteroatoms. The minimum absolute atomic E-state index is 0.786. The zero-order valence-electron chi connectivity index (χ0n) is 9.48. The van der Waals surface area contributed by atoms with E-state index in [0.717, 1.165) is 17.8 Å². The first-order valence-electron chi connectivity index (χ1n) is 5.67. The molecule has 0 spiro atoms. The van der Waals surface area contributed by atoms with Gasteiger partial charge in [-0.2, -0.15) is 0 Å². The summed E-state index contributed by atoms with van der Waals surface area (Å²) in [6, 6.07) is 10.7. The van der Waals surface area contributed by atoms with Crippen LogP contribution in [-0.2, 0) is 6.42 Å². The molecule has 0 bridgehead atoms. The largest absolute Gasteiger partial charge is 0.236 e. The minimum atomic E-state index is 0.786. The number of aromatic nitrogens is 2. The molecule has 1 heterocycles. The van der Waals surface area contributed by atoms with Crippen molar-refractivity contribution < 1.29 is 0 Å². The SMILES string of the molecule is CCCCc1cnc(-c2cc[c]cc2)nc1. The van der Waals surface area contributed by atoms with Crippen molar-refractivity contribution in [3.63, 3.8) is 0 Å². The lowest BCUT2D eigenvalue weighted by Crippen LogP contribution is -1.92. The molecule has 0 aliphatic heterocycles. The molecule has 1 aromatic heterocycles. The van der Waals surface area contributed by atoms with Gasteiger partial charge in [0.1, 0.15) is 0 Å². The van der Waals surface area contributed by atoms with Crippen molar-refractivity contribution >= 4 is 0 Å². The van der Waals surface area contributed by atoms with Crippen LogP contribution < -0.4 is 0 Å². The molecular formula is C14H15N2. The van der Waals surface area contributed by atoms with Gasteiger partial charge in [0.25, 0.3) is 0 Å². The maximum absolute atomic E-state index is 4.38. The van der Waals surface area contributed by atoms with Crippen molar-refractivity contribution in [2.24, 2.45) is 0 Å². The van der Waals surface area contributed by atoms with Crippen LogP contribution >= 0.6 is 0 Å². The molecule has 1 aromatic carbocycles. The standard InChI is InChI=1S/C14H15N2/c1-2-3-7-12-10-15-14(16-11-12)13-8-5-4-6-9-13/h5-6,8-11H,2-3,7H2,1H3. The number of benzene rings is 1. The lowest BCUT2D eigenvalue weighted by molar-refractivity contribution is 0.788. The predicted octanol–water partition coefficient (Wildman–Crippen LogP) is 3.29. The third-order valence-electron chi connectivity index (χ3n) is 2.50. The van der Waals surface area contributed by atoms with Crippen molar-refractivity contribution in [1.29, 1.82) is 0 Å². The fourth-order valence-electron chi connectivity index (χ4n) is 1.55. The Morgan fingerprint density at radius 1 is 1.12 bits per heavy atom. The molecule has 0 amide bonds. The predicted molar refractivity (Wildman–Crippen MR) is 64.9 cm³/mol. The van der Waals surface area contributed by atoms with Gasteiger partial charge in [0.15, 0.2) is 5.82 Å². The summed E-state index contributed by atoms with van der Waals surface area (Å²) >= 11 is 0. The Bertz CT molecular complexity index is 420. The Hall–Kier alpha value is -1.70. The van der Waals surface area contributed by atoms with E-state index in [-0.39, 0.29) is 0 Å². The minimum Gasteiger partial charge on any atom is -0.236 e. The summed E-state index contributed by atoms with van der Waals surface area (Å²) in [4.78, 5) is 8.75. The van der Waals surface area contributed by atoms with Crippen LogP contribution in [-0.4, -0.2) is 9.97 Å². The van der Waals surface area contributed by atoms with E-state index >= 15 is 0 Å². The van der Waals surface area contributed by atoms with E-state index in [2.05, 4.69) is 23.0 Å². The molecule has 81 valence electrons. The molecule has 0 atom stereocenters. The third kappa shape index (κ3) is 2.66.